The van der Waals surface area contributed by atoms with Crippen LogP contribution in [0.15, 0.2) is 108 Å². The van der Waals surface area contributed by atoms with E-state index in [2.05, 4.69) is 40.0 Å². The average molecular weight is 654 g/mol. The molecule has 1 heterocycles. The number of amides is 1. The molecule has 7 nitrogen and oxygen atoms in total. The first-order valence-corrected chi connectivity index (χ1v) is 18.5. The van der Waals surface area contributed by atoms with E-state index in [0.717, 1.165) is 80.9 Å². The highest BCUT2D eigenvalue weighted by atomic mass is 32.2. The van der Waals surface area contributed by atoms with Gasteiger partial charge in [-0.2, -0.15) is 0 Å². The van der Waals surface area contributed by atoms with E-state index < -0.39 is 10.0 Å². The number of nitrogens with zero attached hydrogens (tertiary/aromatic N) is 2. The molecule has 248 valence electrons. The molecule has 0 radical (unpaired) electrons. The summed E-state index contributed by atoms with van der Waals surface area (Å²) in [5.41, 5.74) is 2.47. The lowest BCUT2D eigenvalue weighted by Gasteiger charge is -2.44. The molecule has 0 spiro atoms. The Morgan fingerprint density at radius 3 is 2.21 bits per heavy atom. The predicted octanol–water partition coefficient (Wildman–Crippen LogP) is 7.37. The highest BCUT2D eigenvalue weighted by Gasteiger charge is 2.39. The molecule has 0 unspecified atom stereocenters. The lowest BCUT2D eigenvalue weighted by Crippen LogP contribution is -2.45. The summed E-state index contributed by atoms with van der Waals surface area (Å²) in [5.74, 6) is 0.326. The van der Waals surface area contributed by atoms with Crippen LogP contribution in [-0.2, 0) is 26.8 Å². The highest BCUT2D eigenvalue weighted by Crippen LogP contribution is 2.43. The summed E-state index contributed by atoms with van der Waals surface area (Å²) in [6.07, 6.45) is 6.74. The molecule has 0 atom stereocenters. The number of carbonyl (C=O) groups is 1. The fraction of sp³-hybridized carbons (Fsp3) is 0.410. The van der Waals surface area contributed by atoms with Gasteiger partial charge in [-0.15, -0.1) is 0 Å². The Hall–Kier alpha value is -3.72. The summed E-state index contributed by atoms with van der Waals surface area (Å²) in [6.45, 7) is 3.73. The molecule has 2 fully saturated rings. The van der Waals surface area contributed by atoms with Crippen LogP contribution in [0, 0.1) is 5.92 Å². The van der Waals surface area contributed by atoms with Gasteiger partial charge >= 0.3 is 6.09 Å². The molecule has 1 aliphatic heterocycles. The summed E-state index contributed by atoms with van der Waals surface area (Å²) in [7, 11) is -1.72. The van der Waals surface area contributed by atoms with Crippen LogP contribution in [0.5, 0.6) is 0 Å². The zero-order valence-corrected chi connectivity index (χ0v) is 28.2. The minimum Gasteiger partial charge on any atom is -0.445 e. The third kappa shape index (κ3) is 8.06. The van der Waals surface area contributed by atoms with E-state index in [4.69, 9.17) is 4.74 Å². The maximum absolute atomic E-state index is 13.2. The van der Waals surface area contributed by atoms with E-state index in [1.807, 2.05) is 73.8 Å². The zero-order chi connectivity index (χ0) is 32.7. The van der Waals surface area contributed by atoms with Crippen molar-refractivity contribution in [3.8, 4) is 0 Å². The van der Waals surface area contributed by atoms with E-state index in [-0.39, 0.29) is 24.2 Å². The number of likely N-dealkylation sites (tertiary alicyclic amines) is 1. The van der Waals surface area contributed by atoms with Crippen molar-refractivity contribution in [3.05, 3.63) is 114 Å². The maximum atomic E-state index is 13.2. The molecule has 1 saturated heterocycles. The lowest BCUT2D eigenvalue weighted by atomic mass is 9.66. The Bertz CT molecular complexity index is 1710. The average Bonchev–Trinajstić information content (AvgIpc) is 3.13. The zero-order valence-electron chi connectivity index (χ0n) is 27.4. The standard InChI is InChI=1S/C39H47N3O4S/c1-41(38(43)46-30-32-11-4-2-5-12-32)35-19-23-39(24-20-35,34-15-6-3-7-16-34)25-28-42-26-21-31(22-27-42)29-40-47(44,45)37-18-10-14-33-13-8-9-17-36(33)37/h2-18,31,35,40H,19-30H2,1H3. The minimum absolute atomic E-state index is 0.0808. The fourth-order valence-electron chi connectivity index (χ4n) is 7.51. The Balaban J connectivity index is 1.00. The molecule has 6 rings (SSSR count). The number of ether oxygens (including phenoxy) is 1. The van der Waals surface area contributed by atoms with Gasteiger partial charge in [-0.3, -0.25) is 0 Å². The molecule has 1 N–H and O–H groups in total. The van der Waals surface area contributed by atoms with Gasteiger partial charge in [0, 0.05) is 25.0 Å². The van der Waals surface area contributed by atoms with E-state index in [9.17, 15) is 13.2 Å². The van der Waals surface area contributed by atoms with Crippen molar-refractivity contribution in [1.29, 1.82) is 0 Å². The van der Waals surface area contributed by atoms with Gasteiger partial charge in [-0.25, -0.2) is 17.9 Å². The van der Waals surface area contributed by atoms with Crippen molar-refractivity contribution < 1.29 is 17.9 Å². The normalized spacial score (nSPS) is 21.0. The van der Waals surface area contributed by atoms with Gasteiger partial charge in [0.1, 0.15) is 6.61 Å². The molecular weight excluding hydrogens is 607 g/mol. The van der Waals surface area contributed by atoms with Crippen molar-refractivity contribution in [2.24, 2.45) is 5.92 Å². The number of nitrogens with one attached hydrogen (secondary N) is 1. The molecule has 4 aromatic rings. The first kappa shape index (κ1) is 33.2. The molecule has 8 heteroatoms. The molecule has 1 saturated carbocycles. The van der Waals surface area contributed by atoms with Gasteiger partial charge < -0.3 is 14.5 Å². The molecule has 0 aromatic heterocycles. The van der Waals surface area contributed by atoms with Crippen LogP contribution in [0.4, 0.5) is 4.79 Å². The molecular formula is C39H47N3O4S. The number of benzene rings is 4. The van der Waals surface area contributed by atoms with Crippen molar-refractivity contribution in [2.45, 2.75) is 67.9 Å². The van der Waals surface area contributed by atoms with Crippen molar-refractivity contribution in [3.63, 3.8) is 0 Å². The number of carbonyl (C=O) groups excluding carboxylic acids is 1. The van der Waals surface area contributed by atoms with Gasteiger partial charge in [-0.1, -0.05) is 97.1 Å². The molecule has 1 aliphatic carbocycles. The Morgan fingerprint density at radius 2 is 1.49 bits per heavy atom. The van der Waals surface area contributed by atoms with Crippen LogP contribution >= 0.6 is 0 Å². The third-order valence-corrected chi connectivity index (χ3v) is 12.0. The first-order chi connectivity index (χ1) is 22.8. The number of fused-ring (bicyclic) bond motifs is 1. The van der Waals surface area contributed by atoms with Crippen LogP contribution in [0.1, 0.15) is 56.1 Å². The molecule has 2 aliphatic rings. The van der Waals surface area contributed by atoms with Crippen LogP contribution in [0.2, 0.25) is 0 Å². The summed E-state index contributed by atoms with van der Waals surface area (Å²) in [6, 6.07) is 34.0. The van der Waals surface area contributed by atoms with E-state index in [1.54, 1.807) is 11.0 Å². The highest BCUT2D eigenvalue weighted by molar-refractivity contribution is 7.89. The van der Waals surface area contributed by atoms with Gasteiger partial charge in [0.2, 0.25) is 10.0 Å². The van der Waals surface area contributed by atoms with Crippen LogP contribution in [-0.4, -0.2) is 63.6 Å². The van der Waals surface area contributed by atoms with Crippen molar-refractivity contribution >= 4 is 26.9 Å². The second-order valence-corrected chi connectivity index (χ2v) is 15.1. The molecule has 0 bridgehead atoms. The predicted molar refractivity (Wildman–Crippen MR) is 188 cm³/mol. The van der Waals surface area contributed by atoms with E-state index >= 15 is 0 Å². The van der Waals surface area contributed by atoms with Gasteiger partial charge in [0.05, 0.1) is 4.90 Å². The second kappa shape index (κ2) is 15.0. The van der Waals surface area contributed by atoms with Gasteiger partial charge in [0.15, 0.2) is 0 Å². The Kier molecular flexibility index (Phi) is 10.6. The van der Waals surface area contributed by atoms with E-state index in [1.165, 1.54) is 5.56 Å². The van der Waals surface area contributed by atoms with Crippen molar-refractivity contribution in [2.75, 3.05) is 33.2 Å². The molecule has 1 amide bonds. The second-order valence-electron chi connectivity index (χ2n) is 13.4. The van der Waals surface area contributed by atoms with Crippen LogP contribution < -0.4 is 4.72 Å². The third-order valence-electron chi connectivity index (χ3n) is 10.6. The maximum Gasteiger partial charge on any atom is 0.410 e. The number of hydrogen-bond donors (Lipinski definition) is 1. The topological polar surface area (TPSA) is 79.0 Å². The summed E-state index contributed by atoms with van der Waals surface area (Å²) in [5, 5.41) is 1.69. The van der Waals surface area contributed by atoms with Gasteiger partial charge in [-0.05, 0) is 98.5 Å². The summed E-state index contributed by atoms with van der Waals surface area (Å²) >= 11 is 0. The largest absolute Gasteiger partial charge is 0.445 e. The van der Waals surface area contributed by atoms with Gasteiger partial charge in [0.25, 0.3) is 0 Å². The summed E-state index contributed by atoms with van der Waals surface area (Å²) < 4.78 is 35.0. The quantitative estimate of drug-likeness (QED) is 0.183. The number of rotatable bonds is 11. The fourth-order valence-corrected chi connectivity index (χ4v) is 8.85. The Labute approximate surface area is 280 Å². The number of hydrogen-bond acceptors (Lipinski definition) is 5. The first-order valence-electron chi connectivity index (χ1n) is 17.0. The number of piperidine rings is 1. The minimum atomic E-state index is -3.59. The molecule has 4 aromatic carbocycles. The van der Waals surface area contributed by atoms with Crippen LogP contribution in [0.25, 0.3) is 10.8 Å². The van der Waals surface area contributed by atoms with Crippen molar-refractivity contribution in [1.82, 2.24) is 14.5 Å². The Morgan fingerprint density at radius 1 is 0.851 bits per heavy atom. The number of sulfonamides is 1. The smallest absolute Gasteiger partial charge is 0.410 e. The monoisotopic (exact) mass is 653 g/mol. The summed E-state index contributed by atoms with van der Waals surface area (Å²) in [4.78, 5) is 17.6. The van der Waals surface area contributed by atoms with E-state index in [0.29, 0.717) is 17.4 Å². The lowest BCUT2D eigenvalue weighted by molar-refractivity contribution is 0.0727. The SMILES string of the molecule is CN(C(=O)OCc1ccccc1)C1CCC(CCN2CCC(CNS(=O)(=O)c3cccc4ccccc34)CC2)(c2ccccc2)CC1. The van der Waals surface area contributed by atoms with Crippen LogP contribution in [0.3, 0.4) is 0 Å². The molecule has 47 heavy (non-hydrogen) atoms.